The first kappa shape index (κ1) is 13.3. The predicted molar refractivity (Wildman–Crippen MR) is 76.5 cm³/mol. The number of hydrogen-bond acceptors (Lipinski definition) is 5. The molecule has 6 heteroatoms. The van der Waals surface area contributed by atoms with Crippen LogP contribution in [0.1, 0.15) is 11.4 Å². The van der Waals surface area contributed by atoms with Gasteiger partial charge in [-0.25, -0.2) is 4.98 Å². The number of likely N-dealkylation sites (N-methyl/N-ethyl adjacent to an activating group) is 1. The molecule has 0 aliphatic carbocycles. The van der Waals surface area contributed by atoms with E-state index in [1.165, 1.54) is 11.5 Å². The molecule has 0 aliphatic heterocycles. The topological polar surface area (TPSA) is 55.0 Å². The summed E-state index contributed by atoms with van der Waals surface area (Å²) in [5, 5.41) is 1.65. The van der Waals surface area contributed by atoms with Gasteiger partial charge in [0, 0.05) is 43.1 Å². The van der Waals surface area contributed by atoms with Gasteiger partial charge in [-0.15, -0.1) is 0 Å². The van der Waals surface area contributed by atoms with Crippen molar-refractivity contribution in [2.24, 2.45) is 5.73 Å². The molecule has 96 valence electrons. The Morgan fingerprint density at radius 3 is 2.72 bits per heavy atom. The van der Waals surface area contributed by atoms with Crippen molar-refractivity contribution in [2.75, 3.05) is 25.0 Å². The molecular formula is C12H15ClN4S. The van der Waals surface area contributed by atoms with Gasteiger partial charge < -0.3 is 10.6 Å². The summed E-state index contributed by atoms with van der Waals surface area (Å²) in [6, 6.07) is 7.74. The van der Waals surface area contributed by atoms with E-state index in [1.54, 1.807) is 0 Å². The maximum absolute atomic E-state index is 5.85. The Hall–Kier alpha value is -1.17. The molecule has 0 fully saturated rings. The third-order valence-electron chi connectivity index (χ3n) is 2.52. The second-order valence-corrected chi connectivity index (χ2v) is 5.17. The molecule has 0 amide bonds. The second kappa shape index (κ2) is 6.13. The van der Waals surface area contributed by atoms with Gasteiger partial charge in [0.15, 0.2) is 0 Å². The normalized spacial score (nSPS) is 10.6. The lowest BCUT2D eigenvalue weighted by molar-refractivity contribution is 0.873. The fourth-order valence-corrected chi connectivity index (χ4v) is 2.34. The van der Waals surface area contributed by atoms with Crippen molar-refractivity contribution in [2.45, 2.75) is 6.42 Å². The number of nitrogens with two attached hydrogens (primary N) is 1. The van der Waals surface area contributed by atoms with Crippen molar-refractivity contribution in [3.8, 4) is 0 Å². The summed E-state index contributed by atoms with van der Waals surface area (Å²) in [7, 11) is 1.97. The van der Waals surface area contributed by atoms with Gasteiger partial charge in [-0.3, -0.25) is 0 Å². The van der Waals surface area contributed by atoms with Crippen LogP contribution in [-0.2, 0) is 6.42 Å². The first-order valence-electron chi connectivity index (χ1n) is 5.67. The van der Waals surface area contributed by atoms with Crippen LogP contribution < -0.4 is 10.6 Å². The molecule has 0 spiro atoms. The zero-order chi connectivity index (χ0) is 13.0. The average Bonchev–Trinajstić information content (AvgIpc) is 2.81. The summed E-state index contributed by atoms with van der Waals surface area (Å²) in [6.07, 6.45) is 0.726. The summed E-state index contributed by atoms with van der Waals surface area (Å²) >= 11 is 7.25. The molecule has 0 aliphatic rings. The highest BCUT2D eigenvalue weighted by Gasteiger charge is 2.08. The van der Waals surface area contributed by atoms with Crippen LogP contribution >= 0.6 is 23.1 Å². The molecule has 2 aromatic rings. The van der Waals surface area contributed by atoms with Gasteiger partial charge in [0.1, 0.15) is 5.82 Å². The number of anilines is 1. The predicted octanol–water partition coefficient (Wildman–Crippen LogP) is 2.18. The molecule has 1 aromatic heterocycles. The van der Waals surface area contributed by atoms with Crippen molar-refractivity contribution in [3.63, 3.8) is 0 Å². The number of benzene rings is 1. The zero-order valence-corrected chi connectivity index (χ0v) is 11.7. The Labute approximate surface area is 116 Å². The number of aromatic nitrogens is 2. The molecular weight excluding hydrogens is 268 g/mol. The van der Waals surface area contributed by atoms with Crippen LogP contribution in [0.4, 0.5) is 5.13 Å². The molecule has 1 aromatic carbocycles. The Morgan fingerprint density at radius 1 is 1.33 bits per heavy atom. The summed E-state index contributed by atoms with van der Waals surface area (Å²) in [5.74, 6) is 0.834. The molecule has 0 bridgehead atoms. The minimum atomic E-state index is 0.614. The van der Waals surface area contributed by atoms with Crippen molar-refractivity contribution in [1.82, 2.24) is 9.36 Å². The van der Waals surface area contributed by atoms with Crippen LogP contribution in [0.15, 0.2) is 24.3 Å². The fraction of sp³-hybridized carbons (Fsp3) is 0.333. The smallest absolute Gasteiger partial charge is 0.204 e. The van der Waals surface area contributed by atoms with Gasteiger partial charge >= 0.3 is 0 Å². The Morgan fingerprint density at radius 2 is 2.06 bits per heavy atom. The fourth-order valence-electron chi connectivity index (χ4n) is 1.55. The van der Waals surface area contributed by atoms with E-state index in [4.69, 9.17) is 17.3 Å². The van der Waals surface area contributed by atoms with Crippen LogP contribution in [0.2, 0.25) is 5.02 Å². The van der Waals surface area contributed by atoms with E-state index < -0.39 is 0 Å². The van der Waals surface area contributed by atoms with Crippen LogP contribution in [-0.4, -0.2) is 29.5 Å². The van der Waals surface area contributed by atoms with Crippen LogP contribution in [0.5, 0.6) is 0 Å². The number of rotatable bonds is 5. The summed E-state index contributed by atoms with van der Waals surface area (Å²) in [5.41, 5.74) is 6.67. The largest absolute Gasteiger partial charge is 0.349 e. The highest BCUT2D eigenvalue weighted by atomic mass is 35.5. The summed E-state index contributed by atoms with van der Waals surface area (Å²) < 4.78 is 4.35. The van der Waals surface area contributed by atoms with Gasteiger partial charge in [0.05, 0.1) is 0 Å². The lowest BCUT2D eigenvalue weighted by Gasteiger charge is -2.12. The van der Waals surface area contributed by atoms with E-state index in [0.717, 1.165) is 34.5 Å². The van der Waals surface area contributed by atoms with E-state index in [-0.39, 0.29) is 0 Å². The van der Waals surface area contributed by atoms with E-state index in [1.807, 2.05) is 36.2 Å². The first-order chi connectivity index (χ1) is 8.69. The molecule has 2 N–H and O–H groups in total. The summed E-state index contributed by atoms with van der Waals surface area (Å²) in [4.78, 5) is 6.51. The quantitative estimate of drug-likeness (QED) is 0.913. The third-order valence-corrected chi connectivity index (χ3v) is 3.64. The Bertz CT molecular complexity index is 497. The van der Waals surface area contributed by atoms with Crippen LogP contribution in [0.3, 0.4) is 0 Å². The molecule has 4 nitrogen and oxygen atoms in total. The molecule has 0 saturated heterocycles. The van der Waals surface area contributed by atoms with E-state index in [2.05, 4.69) is 9.36 Å². The zero-order valence-electron chi connectivity index (χ0n) is 10.1. The standard InChI is InChI=1S/C12H15ClN4S/c1-17(7-6-14)12-15-11(16-18-12)8-9-2-4-10(13)5-3-9/h2-5H,6-8,14H2,1H3. The molecule has 0 saturated carbocycles. The van der Waals surface area contributed by atoms with Crippen molar-refractivity contribution in [1.29, 1.82) is 0 Å². The third kappa shape index (κ3) is 3.41. The van der Waals surface area contributed by atoms with Crippen molar-refractivity contribution >= 4 is 28.3 Å². The lowest BCUT2D eigenvalue weighted by Crippen LogP contribution is -2.24. The number of nitrogens with zero attached hydrogens (tertiary/aromatic N) is 3. The van der Waals surface area contributed by atoms with Gasteiger partial charge in [0.2, 0.25) is 5.13 Å². The summed E-state index contributed by atoms with van der Waals surface area (Å²) in [6.45, 7) is 1.40. The van der Waals surface area contributed by atoms with Crippen LogP contribution in [0, 0.1) is 0 Å². The minimum absolute atomic E-state index is 0.614. The van der Waals surface area contributed by atoms with Gasteiger partial charge in [-0.2, -0.15) is 4.37 Å². The monoisotopic (exact) mass is 282 g/mol. The molecule has 0 atom stereocenters. The van der Waals surface area contributed by atoms with E-state index in [9.17, 15) is 0 Å². The Balaban J connectivity index is 2.04. The number of hydrogen-bond donors (Lipinski definition) is 1. The molecule has 0 radical (unpaired) electrons. The van der Waals surface area contributed by atoms with Gasteiger partial charge in [-0.1, -0.05) is 23.7 Å². The van der Waals surface area contributed by atoms with E-state index >= 15 is 0 Å². The van der Waals surface area contributed by atoms with Gasteiger partial charge in [0.25, 0.3) is 0 Å². The maximum Gasteiger partial charge on any atom is 0.204 e. The van der Waals surface area contributed by atoms with Crippen LogP contribution in [0.25, 0.3) is 0 Å². The highest BCUT2D eigenvalue weighted by molar-refractivity contribution is 7.09. The number of halogens is 1. The molecule has 1 heterocycles. The lowest BCUT2D eigenvalue weighted by atomic mass is 10.1. The van der Waals surface area contributed by atoms with Crippen molar-refractivity contribution in [3.05, 3.63) is 40.7 Å². The van der Waals surface area contributed by atoms with E-state index in [0.29, 0.717) is 6.54 Å². The highest BCUT2D eigenvalue weighted by Crippen LogP contribution is 2.18. The second-order valence-electron chi connectivity index (χ2n) is 4.01. The molecule has 18 heavy (non-hydrogen) atoms. The Kier molecular flexibility index (Phi) is 4.52. The molecule has 0 unspecified atom stereocenters. The maximum atomic E-state index is 5.85. The van der Waals surface area contributed by atoms with Crippen molar-refractivity contribution < 1.29 is 0 Å². The molecule has 2 rings (SSSR count). The minimum Gasteiger partial charge on any atom is -0.349 e. The SMILES string of the molecule is CN(CCN)c1nc(Cc2ccc(Cl)cc2)ns1. The first-order valence-corrected chi connectivity index (χ1v) is 6.82. The average molecular weight is 283 g/mol. The van der Waals surface area contributed by atoms with Gasteiger partial charge in [-0.05, 0) is 17.7 Å².